The Hall–Kier alpha value is -2.05. The average Bonchev–Trinajstić information content (AvgIpc) is 3.40. The number of phosphoric ester groups is 1. The standard InChI is InChI=1S/C16H28N9O12P3/c17-14-11-15(20-8-19-14)25(9-21-11)16-13(27)12(26)10(35-16)7-34-39(30,31)37-40(32,33)36-38(28,29)23-6-4-2-1-3-5-22-24-18/h8-10,12-13,16,26-27H,1-7H2,(H,30,31)(H,32,33)(H2,17,19,20)(H2,23,28,29)/t10-,12-,13-,16?/m1/s1. The van der Waals surface area contributed by atoms with Gasteiger partial charge in [0, 0.05) is 18.0 Å². The van der Waals surface area contributed by atoms with Gasteiger partial charge in [-0.3, -0.25) is 9.09 Å². The Morgan fingerprint density at radius 2 is 1.80 bits per heavy atom. The van der Waals surface area contributed by atoms with Gasteiger partial charge in [-0.15, -0.1) is 0 Å². The summed E-state index contributed by atoms with van der Waals surface area (Å²) in [5, 5.41) is 26.1. The number of nitrogens with one attached hydrogen (secondary N) is 1. The number of rotatable bonds is 16. The number of hydrogen-bond acceptors (Lipinski definition) is 14. The van der Waals surface area contributed by atoms with Crippen LogP contribution in [0.5, 0.6) is 0 Å². The number of aromatic nitrogens is 4. The first-order valence-electron chi connectivity index (χ1n) is 11.5. The van der Waals surface area contributed by atoms with E-state index in [4.69, 9.17) is 16.0 Å². The highest BCUT2D eigenvalue weighted by molar-refractivity contribution is 7.67. The summed E-state index contributed by atoms with van der Waals surface area (Å²) >= 11 is 0. The highest BCUT2D eigenvalue weighted by atomic mass is 31.3. The van der Waals surface area contributed by atoms with Crippen molar-refractivity contribution in [2.45, 2.75) is 50.2 Å². The maximum atomic E-state index is 12.2. The summed E-state index contributed by atoms with van der Waals surface area (Å²) in [5.41, 5.74) is 14.3. The number of hydrogen-bond donors (Lipinski definition) is 7. The van der Waals surface area contributed by atoms with E-state index in [1.165, 1.54) is 10.9 Å². The highest BCUT2D eigenvalue weighted by Gasteiger charge is 2.47. The van der Waals surface area contributed by atoms with E-state index in [0.29, 0.717) is 32.2 Å². The molecule has 0 spiro atoms. The van der Waals surface area contributed by atoms with E-state index in [-0.39, 0.29) is 23.5 Å². The first kappa shape index (κ1) is 32.5. The van der Waals surface area contributed by atoms with Crippen molar-refractivity contribution < 1.29 is 56.5 Å². The van der Waals surface area contributed by atoms with Crippen LogP contribution in [0.25, 0.3) is 21.6 Å². The molecule has 4 unspecified atom stereocenters. The Kier molecular flexibility index (Phi) is 11.2. The van der Waals surface area contributed by atoms with Crippen LogP contribution < -0.4 is 10.8 Å². The molecule has 0 radical (unpaired) electrons. The summed E-state index contributed by atoms with van der Waals surface area (Å²) in [6, 6.07) is 0. The number of ether oxygens (including phenoxy) is 1. The summed E-state index contributed by atoms with van der Waals surface area (Å²) in [6.07, 6.45) is -1.45. The number of imidazole rings is 1. The zero-order valence-electron chi connectivity index (χ0n) is 20.6. The zero-order chi connectivity index (χ0) is 29.6. The number of nitrogens with two attached hydrogens (primary N) is 1. The van der Waals surface area contributed by atoms with Gasteiger partial charge < -0.3 is 35.4 Å². The predicted octanol–water partition coefficient (Wildman–Crippen LogP) is 0.839. The van der Waals surface area contributed by atoms with Crippen LogP contribution >= 0.6 is 23.4 Å². The van der Waals surface area contributed by atoms with E-state index in [2.05, 4.69) is 38.1 Å². The van der Waals surface area contributed by atoms with Crippen LogP contribution in [0.15, 0.2) is 17.8 Å². The van der Waals surface area contributed by atoms with Gasteiger partial charge in [-0.25, -0.2) is 33.7 Å². The van der Waals surface area contributed by atoms with Crippen LogP contribution in [0.3, 0.4) is 0 Å². The molecule has 24 heteroatoms. The smallest absolute Gasteiger partial charge is 0.387 e. The van der Waals surface area contributed by atoms with E-state index >= 15 is 0 Å². The van der Waals surface area contributed by atoms with Gasteiger partial charge in [-0.2, -0.15) is 8.62 Å². The third-order valence-corrected chi connectivity index (χ3v) is 9.84. The van der Waals surface area contributed by atoms with Gasteiger partial charge >= 0.3 is 23.4 Å². The number of nitrogens with zero attached hydrogens (tertiary/aromatic N) is 7. The lowest BCUT2D eigenvalue weighted by atomic mass is 10.1. The number of azide groups is 1. The fourth-order valence-corrected chi connectivity index (χ4v) is 7.33. The van der Waals surface area contributed by atoms with Crippen LogP contribution in [0, 0.1) is 0 Å². The van der Waals surface area contributed by atoms with Gasteiger partial charge in [-0.05, 0) is 18.4 Å². The Balaban J connectivity index is 1.50. The topological polar surface area (TPSA) is 320 Å². The van der Waals surface area contributed by atoms with Crippen molar-refractivity contribution in [1.29, 1.82) is 0 Å². The van der Waals surface area contributed by atoms with Gasteiger partial charge in [0.15, 0.2) is 17.7 Å². The SMILES string of the molecule is [N-]=[N+]=NCCCCCCNP(=O)(O)OP(=O)(O)OP(=O)(O)OC[C@H]1OC(n2cnc3c(N)ncnc32)[C@H](O)[C@@H]1O. The zero-order valence-corrected chi connectivity index (χ0v) is 23.2. The van der Waals surface area contributed by atoms with E-state index in [1.807, 2.05) is 5.09 Å². The van der Waals surface area contributed by atoms with Crippen molar-refractivity contribution in [3.05, 3.63) is 23.1 Å². The van der Waals surface area contributed by atoms with E-state index in [0.717, 1.165) is 6.33 Å². The molecule has 3 heterocycles. The van der Waals surface area contributed by atoms with Crippen LogP contribution in [-0.2, 0) is 31.6 Å². The summed E-state index contributed by atoms with van der Waals surface area (Å²) in [6.45, 7) is -0.742. The second-order valence-electron chi connectivity index (χ2n) is 8.32. The van der Waals surface area contributed by atoms with E-state index in [9.17, 15) is 38.6 Å². The molecule has 1 saturated heterocycles. The Labute approximate surface area is 225 Å². The average molecular weight is 631 g/mol. The van der Waals surface area contributed by atoms with Crippen LogP contribution in [0.4, 0.5) is 5.82 Å². The molecular formula is C16H28N9O12P3. The normalized spacial score (nSPS) is 25.6. The summed E-state index contributed by atoms with van der Waals surface area (Å²) in [5.74, 6) is 0.0483. The van der Waals surface area contributed by atoms with E-state index < -0.39 is 54.5 Å². The van der Waals surface area contributed by atoms with Crippen molar-refractivity contribution >= 4 is 40.4 Å². The minimum Gasteiger partial charge on any atom is -0.387 e. The van der Waals surface area contributed by atoms with Gasteiger partial charge in [0.2, 0.25) is 0 Å². The number of aliphatic hydroxyl groups is 2. The Morgan fingerprint density at radius 3 is 2.52 bits per heavy atom. The monoisotopic (exact) mass is 631 g/mol. The molecule has 224 valence electrons. The number of anilines is 1. The van der Waals surface area contributed by atoms with Crippen LogP contribution in [0.1, 0.15) is 31.9 Å². The summed E-state index contributed by atoms with van der Waals surface area (Å²) in [4.78, 5) is 43.7. The van der Waals surface area contributed by atoms with E-state index in [1.54, 1.807) is 0 Å². The Morgan fingerprint density at radius 1 is 1.07 bits per heavy atom. The molecule has 0 aliphatic carbocycles. The summed E-state index contributed by atoms with van der Waals surface area (Å²) < 4.78 is 55.9. The molecule has 1 aliphatic rings. The van der Waals surface area contributed by atoms with Gasteiger partial charge in [0.25, 0.3) is 0 Å². The molecule has 2 aromatic rings. The maximum Gasteiger partial charge on any atom is 0.489 e. The minimum atomic E-state index is -5.63. The molecule has 0 saturated carbocycles. The quantitative estimate of drug-likeness (QED) is 0.0443. The van der Waals surface area contributed by atoms with Crippen molar-refractivity contribution in [3.8, 4) is 0 Å². The molecule has 7 atom stereocenters. The fraction of sp³-hybridized carbons (Fsp3) is 0.688. The fourth-order valence-electron chi connectivity index (χ4n) is 3.58. The first-order chi connectivity index (χ1) is 18.8. The predicted molar refractivity (Wildman–Crippen MR) is 134 cm³/mol. The number of aliphatic hydroxyl groups excluding tert-OH is 2. The lowest BCUT2D eigenvalue weighted by Crippen LogP contribution is -2.33. The molecule has 0 amide bonds. The molecular weight excluding hydrogens is 603 g/mol. The van der Waals surface area contributed by atoms with Crippen molar-refractivity contribution in [2.24, 2.45) is 5.11 Å². The lowest BCUT2D eigenvalue weighted by Gasteiger charge is -2.20. The van der Waals surface area contributed by atoms with Crippen molar-refractivity contribution in [3.63, 3.8) is 0 Å². The Bertz CT molecular complexity index is 1360. The van der Waals surface area contributed by atoms with Crippen LogP contribution in [0.2, 0.25) is 0 Å². The molecule has 2 aromatic heterocycles. The molecule has 1 fully saturated rings. The highest BCUT2D eigenvalue weighted by Crippen LogP contribution is 2.66. The molecule has 40 heavy (non-hydrogen) atoms. The minimum absolute atomic E-state index is 0.0483. The third kappa shape index (κ3) is 8.97. The number of fused-ring (bicyclic) bond motifs is 1. The second-order valence-corrected chi connectivity index (χ2v) is 13.1. The molecule has 0 aromatic carbocycles. The number of nitrogen functional groups attached to an aromatic ring is 1. The van der Waals surface area contributed by atoms with Crippen molar-refractivity contribution in [1.82, 2.24) is 24.6 Å². The lowest BCUT2D eigenvalue weighted by molar-refractivity contribution is -0.0503. The molecule has 1 aliphatic heterocycles. The molecule has 8 N–H and O–H groups in total. The first-order valence-corrected chi connectivity index (χ1v) is 16.1. The van der Waals surface area contributed by atoms with Crippen LogP contribution in [-0.4, -0.2) is 82.4 Å². The largest absolute Gasteiger partial charge is 0.489 e. The molecule has 0 bridgehead atoms. The molecule has 21 nitrogen and oxygen atoms in total. The van der Waals surface area contributed by atoms with Gasteiger partial charge in [-0.1, -0.05) is 18.0 Å². The number of unbranched alkanes of at least 4 members (excludes halogenated alkanes) is 3. The van der Waals surface area contributed by atoms with Gasteiger partial charge in [0.05, 0.1) is 12.9 Å². The number of phosphoric acid groups is 2. The maximum absolute atomic E-state index is 12.2. The summed E-state index contributed by atoms with van der Waals surface area (Å²) in [7, 11) is -16.0. The van der Waals surface area contributed by atoms with Crippen molar-refractivity contribution in [2.75, 3.05) is 25.4 Å². The van der Waals surface area contributed by atoms with Gasteiger partial charge in [0.1, 0.15) is 30.2 Å². The molecule has 3 rings (SSSR count). The second kappa shape index (κ2) is 13.7. The third-order valence-electron chi connectivity index (χ3n) is 5.38.